The van der Waals surface area contributed by atoms with Gasteiger partial charge in [-0.3, -0.25) is 4.79 Å². The van der Waals surface area contributed by atoms with Crippen molar-refractivity contribution in [2.75, 3.05) is 29.9 Å². The number of carbonyl (C=O) groups excluding carboxylic acids is 1. The Morgan fingerprint density at radius 3 is 2.77 bits per heavy atom. The van der Waals surface area contributed by atoms with E-state index in [1.165, 1.54) is 24.1 Å². The summed E-state index contributed by atoms with van der Waals surface area (Å²) in [5.74, 6) is 1.22. The average Bonchev–Trinajstić information content (AvgIpc) is 3.52. The Morgan fingerprint density at radius 2 is 1.97 bits per heavy atom. The van der Waals surface area contributed by atoms with Crippen LogP contribution in [0.5, 0.6) is 0 Å². The van der Waals surface area contributed by atoms with Crippen molar-refractivity contribution in [1.82, 2.24) is 15.3 Å². The molecule has 1 aliphatic carbocycles. The van der Waals surface area contributed by atoms with E-state index in [-0.39, 0.29) is 11.8 Å². The van der Waals surface area contributed by atoms with Crippen LogP contribution in [0.1, 0.15) is 42.9 Å². The molecule has 0 bridgehead atoms. The van der Waals surface area contributed by atoms with Crippen LogP contribution in [-0.4, -0.2) is 41.7 Å². The van der Waals surface area contributed by atoms with Gasteiger partial charge in [-0.25, -0.2) is 15.0 Å². The first-order valence-corrected chi connectivity index (χ1v) is 11.2. The second-order valence-corrected chi connectivity index (χ2v) is 9.03. The van der Waals surface area contributed by atoms with Crippen LogP contribution < -0.4 is 15.5 Å². The SMILES string of the molecule is O=C1N=Cc2cnc(Nc3ccc(N4CC5=CNCC5C4)cc3)nc2C1C1CCCC1. The van der Waals surface area contributed by atoms with Crippen LogP contribution in [0, 0.1) is 11.8 Å². The van der Waals surface area contributed by atoms with E-state index in [0.717, 1.165) is 49.4 Å². The lowest BCUT2D eigenvalue weighted by Crippen LogP contribution is -2.25. The van der Waals surface area contributed by atoms with Crippen molar-refractivity contribution >= 4 is 29.4 Å². The van der Waals surface area contributed by atoms with E-state index in [1.807, 2.05) is 0 Å². The predicted octanol–water partition coefficient (Wildman–Crippen LogP) is 3.38. The molecule has 7 heteroatoms. The first kappa shape index (κ1) is 18.5. The van der Waals surface area contributed by atoms with Gasteiger partial charge in [-0.05, 0) is 54.8 Å². The number of nitrogens with one attached hydrogen (secondary N) is 2. The molecule has 3 aliphatic heterocycles. The fourth-order valence-corrected chi connectivity index (χ4v) is 5.43. The third kappa shape index (κ3) is 3.38. The monoisotopic (exact) mass is 414 g/mol. The summed E-state index contributed by atoms with van der Waals surface area (Å²) in [6.07, 6.45) is 10.1. The molecule has 6 rings (SSSR count). The Balaban J connectivity index is 1.20. The summed E-state index contributed by atoms with van der Waals surface area (Å²) >= 11 is 0. The molecule has 1 saturated carbocycles. The van der Waals surface area contributed by atoms with Crippen LogP contribution in [-0.2, 0) is 4.79 Å². The molecule has 7 nitrogen and oxygen atoms in total. The van der Waals surface area contributed by atoms with E-state index in [0.29, 0.717) is 17.8 Å². The standard InChI is InChI=1S/C24H26N6O/c31-23-21(15-3-1-2-4-15)22-16(11-26-23)12-27-24(29-22)28-19-5-7-20(8-6-19)30-13-17-9-25-10-18(17)14-30/h5-9,11-12,15,18,21,25H,1-4,10,13-14H2,(H,27,28,29). The Hall–Kier alpha value is -3.22. The molecule has 2 fully saturated rings. The molecule has 2 aromatic rings. The number of nitrogens with zero attached hydrogens (tertiary/aromatic N) is 4. The van der Waals surface area contributed by atoms with Gasteiger partial charge in [-0.15, -0.1) is 0 Å². The van der Waals surface area contributed by atoms with Gasteiger partial charge in [0, 0.05) is 54.9 Å². The summed E-state index contributed by atoms with van der Waals surface area (Å²) in [7, 11) is 0. The number of anilines is 3. The van der Waals surface area contributed by atoms with Gasteiger partial charge in [0.05, 0.1) is 11.6 Å². The normalized spacial score (nSPS) is 24.7. The molecular formula is C24H26N6O. The van der Waals surface area contributed by atoms with Gasteiger partial charge in [0.25, 0.3) is 5.91 Å². The highest BCUT2D eigenvalue weighted by Gasteiger charge is 2.36. The highest BCUT2D eigenvalue weighted by atomic mass is 16.1. The van der Waals surface area contributed by atoms with Crippen LogP contribution in [0.4, 0.5) is 17.3 Å². The Kier molecular flexibility index (Phi) is 4.47. The number of carbonyl (C=O) groups is 1. The van der Waals surface area contributed by atoms with Gasteiger partial charge in [-0.1, -0.05) is 12.8 Å². The number of aromatic nitrogens is 2. The van der Waals surface area contributed by atoms with Crippen molar-refractivity contribution < 1.29 is 4.79 Å². The molecule has 1 amide bonds. The molecule has 1 aromatic carbocycles. The van der Waals surface area contributed by atoms with Gasteiger partial charge >= 0.3 is 0 Å². The molecule has 0 spiro atoms. The van der Waals surface area contributed by atoms with Crippen LogP contribution in [0.15, 0.2) is 47.2 Å². The van der Waals surface area contributed by atoms with E-state index in [4.69, 9.17) is 4.98 Å². The summed E-state index contributed by atoms with van der Waals surface area (Å²) < 4.78 is 0. The number of benzene rings is 1. The van der Waals surface area contributed by atoms with Crippen molar-refractivity contribution in [3.8, 4) is 0 Å². The Bertz CT molecular complexity index is 1070. The lowest BCUT2D eigenvalue weighted by molar-refractivity contribution is -0.120. The zero-order valence-electron chi connectivity index (χ0n) is 17.4. The lowest BCUT2D eigenvalue weighted by atomic mass is 9.84. The van der Waals surface area contributed by atoms with Crippen LogP contribution in [0.2, 0.25) is 0 Å². The van der Waals surface area contributed by atoms with Crippen molar-refractivity contribution in [2.45, 2.75) is 31.6 Å². The lowest BCUT2D eigenvalue weighted by Gasteiger charge is -2.24. The van der Waals surface area contributed by atoms with E-state index in [9.17, 15) is 4.79 Å². The second kappa shape index (κ2) is 7.48. The third-order valence-electron chi connectivity index (χ3n) is 7.09. The van der Waals surface area contributed by atoms with E-state index in [1.54, 1.807) is 12.4 Å². The second-order valence-electron chi connectivity index (χ2n) is 9.03. The molecule has 2 unspecified atom stereocenters. The third-order valence-corrected chi connectivity index (χ3v) is 7.09. The van der Waals surface area contributed by atoms with Crippen LogP contribution in [0.25, 0.3) is 0 Å². The fourth-order valence-electron chi connectivity index (χ4n) is 5.43. The quantitative estimate of drug-likeness (QED) is 0.798. The van der Waals surface area contributed by atoms with E-state index >= 15 is 0 Å². The molecule has 1 aromatic heterocycles. The summed E-state index contributed by atoms with van der Waals surface area (Å²) in [6, 6.07) is 8.43. The Morgan fingerprint density at radius 1 is 1.13 bits per heavy atom. The molecular weight excluding hydrogens is 388 g/mol. The molecule has 0 radical (unpaired) electrons. The molecule has 158 valence electrons. The Labute approximate surface area is 181 Å². The maximum Gasteiger partial charge on any atom is 0.255 e. The summed E-state index contributed by atoms with van der Waals surface area (Å²) in [5.41, 5.74) is 5.36. The zero-order chi connectivity index (χ0) is 20.8. The first-order valence-electron chi connectivity index (χ1n) is 11.2. The first-order chi connectivity index (χ1) is 15.2. The summed E-state index contributed by atoms with van der Waals surface area (Å²) in [6.45, 7) is 3.12. The number of fused-ring (bicyclic) bond motifs is 2. The van der Waals surface area contributed by atoms with Gasteiger partial charge < -0.3 is 15.5 Å². The van der Waals surface area contributed by atoms with Gasteiger partial charge in [-0.2, -0.15) is 0 Å². The summed E-state index contributed by atoms with van der Waals surface area (Å²) in [4.78, 5) is 28.3. The molecule has 4 heterocycles. The molecule has 31 heavy (non-hydrogen) atoms. The summed E-state index contributed by atoms with van der Waals surface area (Å²) in [5, 5.41) is 6.66. The molecule has 4 aliphatic rings. The van der Waals surface area contributed by atoms with Crippen LogP contribution in [0.3, 0.4) is 0 Å². The van der Waals surface area contributed by atoms with Crippen molar-refractivity contribution in [2.24, 2.45) is 16.8 Å². The minimum Gasteiger partial charge on any atom is -0.390 e. The molecule has 2 atom stereocenters. The topological polar surface area (TPSA) is 82.5 Å². The number of hydrogen-bond acceptors (Lipinski definition) is 6. The number of amides is 1. The van der Waals surface area contributed by atoms with E-state index < -0.39 is 0 Å². The predicted molar refractivity (Wildman–Crippen MR) is 121 cm³/mol. The highest BCUT2D eigenvalue weighted by molar-refractivity contribution is 6.00. The zero-order valence-corrected chi connectivity index (χ0v) is 17.4. The minimum atomic E-state index is -0.230. The highest BCUT2D eigenvalue weighted by Crippen LogP contribution is 2.40. The number of rotatable bonds is 4. The number of hydrogen-bond donors (Lipinski definition) is 2. The van der Waals surface area contributed by atoms with Crippen molar-refractivity contribution in [3.05, 3.63) is 53.5 Å². The van der Waals surface area contributed by atoms with Gasteiger partial charge in [0.1, 0.15) is 0 Å². The maximum atomic E-state index is 12.6. The molecule has 2 N–H and O–H groups in total. The van der Waals surface area contributed by atoms with E-state index in [2.05, 4.69) is 56.0 Å². The largest absolute Gasteiger partial charge is 0.390 e. The molecule has 1 saturated heterocycles. The maximum absolute atomic E-state index is 12.6. The fraction of sp³-hybridized carbons (Fsp3) is 0.417. The number of aliphatic imine (C=N–C) groups is 1. The smallest absolute Gasteiger partial charge is 0.255 e. The van der Waals surface area contributed by atoms with Gasteiger partial charge in [0.15, 0.2) is 0 Å². The van der Waals surface area contributed by atoms with Crippen molar-refractivity contribution in [3.63, 3.8) is 0 Å². The van der Waals surface area contributed by atoms with Crippen LogP contribution >= 0.6 is 0 Å². The van der Waals surface area contributed by atoms with Gasteiger partial charge in [0.2, 0.25) is 5.95 Å². The minimum absolute atomic E-state index is 0.0610. The average molecular weight is 415 g/mol. The van der Waals surface area contributed by atoms with Crippen molar-refractivity contribution in [1.29, 1.82) is 0 Å².